The minimum atomic E-state index is -0.506. The molecule has 0 radical (unpaired) electrons. The molecule has 118 valence electrons. The molecule has 9 heteroatoms. The summed E-state index contributed by atoms with van der Waals surface area (Å²) in [4.78, 5) is 34.3. The fourth-order valence-electron chi connectivity index (χ4n) is 2.24. The summed E-state index contributed by atoms with van der Waals surface area (Å²) in [6, 6.07) is 3.66. The van der Waals surface area contributed by atoms with Crippen molar-refractivity contribution in [3.63, 3.8) is 0 Å². The molecule has 9 nitrogen and oxygen atoms in total. The molecule has 0 fully saturated rings. The zero-order valence-corrected chi connectivity index (χ0v) is 12.6. The van der Waals surface area contributed by atoms with Crippen molar-refractivity contribution < 1.29 is 0 Å². The van der Waals surface area contributed by atoms with Crippen molar-refractivity contribution in [3.05, 3.63) is 50.9 Å². The minimum absolute atomic E-state index is 0.305. The van der Waals surface area contributed by atoms with E-state index in [1.807, 2.05) is 13.0 Å². The highest BCUT2D eigenvalue weighted by molar-refractivity contribution is 5.80. The Morgan fingerprint density at radius 3 is 2.96 bits per heavy atom. The van der Waals surface area contributed by atoms with Crippen LogP contribution in [0.3, 0.4) is 0 Å². The molecule has 0 saturated carbocycles. The largest absolute Gasteiger partial charge is 0.329 e. The molecule has 0 atom stereocenters. The first-order valence-electron chi connectivity index (χ1n) is 7.00. The summed E-state index contributed by atoms with van der Waals surface area (Å²) in [5, 5.41) is 4.10. The van der Waals surface area contributed by atoms with Crippen molar-refractivity contribution in [1.29, 1.82) is 0 Å². The number of rotatable bonds is 4. The zero-order valence-electron chi connectivity index (χ0n) is 12.6. The van der Waals surface area contributed by atoms with Crippen molar-refractivity contribution in [2.24, 2.45) is 12.1 Å². The number of imidazole rings is 1. The summed E-state index contributed by atoms with van der Waals surface area (Å²) in [5.41, 5.74) is 3.28. The Balaban J connectivity index is 2.03. The van der Waals surface area contributed by atoms with Crippen LogP contribution in [0.5, 0.6) is 0 Å². The van der Waals surface area contributed by atoms with Crippen LogP contribution in [-0.2, 0) is 13.6 Å². The smallest absolute Gasteiger partial charge is 0.303 e. The highest BCUT2D eigenvalue weighted by Crippen LogP contribution is 2.14. The second-order valence-corrected chi connectivity index (χ2v) is 4.83. The normalized spacial score (nSPS) is 11.4. The summed E-state index contributed by atoms with van der Waals surface area (Å²) < 4.78 is 2.95. The Kier molecular flexibility index (Phi) is 3.75. The molecule has 3 rings (SSSR count). The van der Waals surface area contributed by atoms with Crippen LogP contribution in [0.2, 0.25) is 0 Å². The maximum absolute atomic E-state index is 12.0. The van der Waals surface area contributed by atoms with Gasteiger partial charge in [0.2, 0.25) is 5.95 Å². The average molecular weight is 313 g/mol. The van der Waals surface area contributed by atoms with Crippen LogP contribution in [0, 0.1) is 0 Å². The van der Waals surface area contributed by atoms with E-state index in [0.29, 0.717) is 23.7 Å². The third-order valence-corrected chi connectivity index (χ3v) is 3.39. The van der Waals surface area contributed by atoms with E-state index in [9.17, 15) is 9.59 Å². The molecule has 3 heterocycles. The lowest BCUT2D eigenvalue weighted by molar-refractivity contribution is 0.781. The number of nitrogens with zero attached hydrogens (tertiary/aromatic N) is 5. The summed E-state index contributed by atoms with van der Waals surface area (Å²) in [6.07, 6.45) is 4.94. The lowest BCUT2D eigenvalue weighted by atomic mass is 10.3. The molecule has 0 aliphatic rings. The highest BCUT2D eigenvalue weighted by atomic mass is 16.2. The number of aromatic nitrogens is 5. The Morgan fingerprint density at radius 2 is 2.26 bits per heavy atom. The predicted octanol–water partition coefficient (Wildman–Crippen LogP) is 0.284. The van der Waals surface area contributed by atoms with Crippen LogP contribution in [-0.4, -0.2) is 30.3 Å². The van der Waals surface area contributed by atoms with Gasteiger partial charge in [-0.25, -0.2) is 10.2 Å². The number of H-pyrrole nitrogens is 1. The van der Waals surface area contributed by atoms with E-state index >= 15 is 0 Å². The van der Waals surface area contributed by atoms with Crippen LogP contribution in [0.4, 0.5) is 5.95 Å². The van der Waals surface area contributed by atoms with Crippen LogP contribution >= 0.6 is 0 Å². The maximum atomic E-state index is 12.0. The lowest BCUT2D eigenvalue weighted by Crippen LogP contribution is -2.29. The van der Waals surface area contributed by atoms with Crippen molar-refractivity contribution in [2.75, 3.05) is 5.43 Å². The van der Waals surface area contributed by atoms with Gasteiger partial charge in [0.05, 0.1) is 6.21 Å². The van der Waals surface area contributed by atoms with Gasteiger partial charge in [-0.05, 0) is 13.0 Å². The van der Waals surface area contributed by atoms with Gasteiger partial charge >= 0.3 is 5.69 Å². The lowest BCUT2D eigenvalue weighted by Gasteiger charge is -2.03. The number of hydrazone groups is 1. The second-order valence-electron chi connectivity index (χ2n) is 4.83. The number of pyridine rings is 1. The number of anilines is 1. The second kappa shape index (κ2) is 5.87. The van der Waals surface area contributed by atoms with E-state index in [4.69, 9.17) is 0 Å². The van der Waals surface area contributed by atoms with Crippen LogP contribution < -0.4 is 16.7 Å². The molecule has 3 aromatic heterocycles. The minimum Gasteiger partial charge on any atom is -0.303 e. The van der Waals surface area contributed by atoms with Gasteiger partial charge in [0.25, 0.3) is 5.56 Å². The van der Waals surface area contributed by atoms with Gasteiger partial charge in [-0.1, -0.05) is 6.07 Å². The maximum Gasteiger partial charge on any atom is 0.329 e. The fraction of sp³-hybridized carbons (Fsp3) is 0.214. The van der Waals surface area contributed by atoms with E-state index in [0.717, 1.165) is 5.56 Å². The van der Waals surface area contributed by atoms with E-state index in [2.05, 4.69) is 25.5 Å². The SMILES string of the molecule is CCn1c(NN=Cc2cccnc2)nc2c1c(=O)[nH]c(=O)n2C. The number of nitrogens with one attached hydrogen (secondary N) is 2. The third kappa shape index (κ3) is 2.63. The fourth-order valence-corrected chi connectivity index (χ4v) is 2.24. The molecule has 0 saturated heterocycles. The molecule has 3 aromatic rings. The Morgan fingerprint density at radius 1 is 1.43 bits per heavy atom. The summed E-state index contributed by atoms with van der Waals surface area (Å²) in [5.74, 6) is 0.384. The molecular formula is C14H15N7O2. The Bertz CT molecular complexity index is 982. The molecule has 0 amide bonds. The Labute approximate surface area is 130 Å². The predicted molar refractivity (Wildman–Crippen MR) is 86.7 cm³/mol. The number of aromatic amines is 1. The van der Waals surface area contributed by atoms with Gasteiger partial charge in [-0.15, -0.1) is 0 Å². The van der Waals surface area contributed by atoms with Crippen LogP contribution in [0.1, 0.15) is 12.5 Å². The summed E-state index contributed by atoms with van der Waals surface area (Å²) in [6.45, 7) is 2.38. The topological polar surface area (TPSA) is 110 Å². The first-order chi connectivity index (χ1) is 11.1. The molecular weight excluding hydrogens is 298 g/mol. The molecule has 0 spiro atoms. The van der Waals surface area contributed by atoms with Crippen molar-refractivity contribution in [2.45, 2.75) is 13.5 Å². The number of aryl methyl sites for hydroxylation is 2. The quantitative estimate of drug-likeness (QED) is 0.531. The highest BCUT2D eigenvalue weighted by Gasteiger charge is 2.15. The Hall–Kier alpha value is -3.23. The molecule has 0 aliphatic heterocycles. The van der Waals surface area contributed by atoms with Gasteiger partial charge in [-0.3, -0.25) is 19.3 Å². The number of hydrogen-bond donors (Lipinski definition) is 2. The standard InChI is InChI=1S/C14H15N7O2/c1-3-21-10-11(20(2)14(23)18-12(10)22)17-13(21)19-16-8-9-5-4-6-15-7-9/h4-8H,3H2,1-2H3,(H,17,19)(H,18,22,23). The van der Waals surface area contributed by atoms with Gasteiger partial charge in [0, 0.05) is 31.5 Å². The summed E-state index contributed by atoms with van der Waals surface area (Å²) >= 11 is 0. The first kappa shape index (κ1) is 14.7. The first-order valence-corrected chi connectivity index (χ1v) is 7.00. The summed E-state index contributed by atoms with van der Waals surface area (Å²) in [7, 11) is 1.55. The average Bonchev–Trinajstić information content (AvgIpc) is 2.93. The molecule has 0 aromatic carbocycles. The van der Waals surface area contributed by atoms with E-state index in [1.165, 1.54) is 4.57 Å². The van der Waals surface area contributed by atoms with Gasteiger partial charge in [0.15, 0.2) is 11.2 Å². The van der Waals surface area contributed by atoms with E-state index in [1.54, 1.807) is 36.3 Å². The van der Waals surface area contributed by atoms with Crippen molar-refractivity contribution in [1.82, 2.24) is 24.1 Å². The molecule has 0 unspecified atom stereocenters. The van der Waals surface area contributed by atoms with E-state index in [-0.39, 0.29) is 0 Å². The monoisotopic (exact) mass is 313 g/mol. The number of fused-ring (bicyclic) bond motifs is 1. The van der Waals surface area contributed by atoms with E-state index < -0.39 is 11.2 Å². The third-order valence-electron chi connectivity index (χ3n) is 3.39. The zero-order chi connectivity index (χ0) is 16.4. The van der Waals surface area contributed by atoms with Gasteiger partial charge < -0.3 is 4.57 Å². The van der Waals surface area contributed by atoms with Crippen LogP contribution in [0.15, 0.2) is 39.2 Å². The molecule has 0 aliphatic carbocycles. The van der Waals surface area contributed by atoms with Crippen LogP contribution in [0.25, 0.3) is 11.2 Å². The molecule has 23 heavy (non-hydrogen) atoms. The van der Waals surface area contributed by atoms with Crippen molar-refractivity contribution >= 4 is 23.3 Å². The van der Waals surface area contributed by atoms with Gasteiger partial charge in [-0.2, -0.15) is 10.1 Å². The molecule has 0 bridgehead atoms. The van der Waals surface area contributed by atoms with Gasteiger partial charge in [0.1, 0.15) is 0 Å². The number of hydrogen-bond acceptors (Lipinski definition) is 6. The van der Waals surface area contributed by atoms with Crippen molar-refractivity contribution in [3.8, 4) is 0 Å². The molecule has 2 N–H and O–H groups in total.